The van der Waals surface area contributed by atoms with Crippen LogP contribution in [0.3, 0.4) is 0 Å². The molecule has 1 aliphatic carbocycles. The Bertz CT molecular complexity index is 1230. The first-order chi connectivity index (χ1) is 14.0. The summed E-state index contributed by atoms with van der Waals surface area (Å²) in [5.74, 6) is 0.893. The zero-order valence-corrected chi connectivity index (χ0v) is 16.6. The molecule has 0 saturated heterocycles. The molecule has 0 spiro atoms. The maximum atomic E-state index is 12.2. The first-order valence-electron chi connectivity index (χ1n) is 9.23. The molecule has 29 heavy (non-hydrogen) atoms. The third kappa shape index (κ3) is 3.26. The van der Waals surface area contributed by atoms with Gasteiger partial charge in [0, 0.05) is 17.5 Å². The van der Waals surface area contributed by atoms with E-state index in [1.165, 1.54) is 0 Å². The van der Waals surface area contributed by atoms with Crippen molar-refractivity contribution in [2.75, 3.05) is 17.6 Å². The first kappa shape index (κ1) is 18.8. The van der Waals surface area contributed by atoms with Crippen LogP contribution in [-0.4, -0.2) is 17.4 Å². The van der Waals surface area contributed by atoms with Gasteiger partial charge in [0.05, 0.1) is 16.8 Å². The van der Waals surface area contributed by atoms with E-state index < -0.39 is 5.91 Å². The zero-order chi connectivity index (χ0) is 20.5. The Morgan fingerprint density at radius 3 is 2.93 bits per heavy atom. The van der Waals surface area contributed by atoms with Crippen molar-refractivity contribution in [3.63, 3.8) is 0 Å². The molecule has 0 saturated carbocycles. The number of nitrogens with one attached hydrogen (secondary N) is 1. The van der Waals surface area contributed by atoms with Crippen LogP contribution in [0, 0.1) is 11.3 Å². The second-order valence-electron chi connectivity index (χ2n) is 6.68. The number of pyridine rings is 1. The van der Waals surface area contributed by atoms with E-state index in [4.69, 9.17) is 15.9 Å². The maximum Gasteiger partial charge on any atom is 0.259 e. The number of rotatable bonds is 6. The van der Waals surface area contributed by atoms with E-state index in [1.54, 1.807) is 12.1 Å². The summed E-state index contributed by atoms with van der Waals surface area (Å²) in [5, 5.41) is 13.4. The average molecular weight is 405 g/mol. The molecule has 2 aromatic heterocycles. The molecule has 0 radical (unpaired) electrons. The monoisotopic (exact) mass is 405 g/mol. The van der Waals surface area contributed by atoms with Gasteiger partial charge in [0.2, 0.25) is 0 Å². The summed E-state index contributed by atoms with van der Waals surface area (Å²) in [5.41, 5.74) is 14.0. The van der Waals surface area contributed by atoms with Gasteiger partial charge >= 0.3 is 0 Å². The van der Waals surface area contributed by atoms with Crippen LogP contribution < -0.4 is 16.8 Å². The van der Waals surface area contributed by atoms with Gasteiger partial charge in [0.25, 0.3) is 5.91 Å². The third-order valence-corrected chi connectivity index (χ3v) is 5.78. The lowest BCUT2D eigenvalue weighted by atomic mass is 10.0. The van der Waals surface area contributed by atoms with Crippen molar-refractivity contribution >= 4 is 39.0 Å². The molecule has 0 bridgehead atoms. The van der Waals surface area contributed by atoms with Gasteiger partial charge in [0.15, 0.2) is 5.76 Å². The molecule has 7 nitrogen and oxygen atoms in total. The van der Waals surface area contributed by atoms with Crippen LogP contribution in [0.15, 0.2) is 34.7 Å². The Labute approximate surface area is 171 Å². The van der Waals surface area contributed by atoms with E-state index in [1.807, 2.05) is 18.2 Å². The number of hydrogen-bond acceptors (Lipinski definition) is 7. The quantitative estimate of drug-likeness (QED) is 0.407. The van der Waals surface area contributed by atoms with Gasteiger partial charge in [-0.3, -0.25) is 4.79 Å². The van der Waals surface area contributed by atoms with E-state index in [-0.39, 0.29) is 0 Å². The fourth-order valence-electron chi connectivity index (χ4n) is 3.25. The van der Waals surface area contributed by atoms with Crippen LogP contribution in [0.1, 0.15) is 35.0 Å². The van der Waals surface area contributed by atoms with Crippen LogP contribution in [0.25, 0.3) is 32.9 Å². The van der Waals surface area contributed by atoms with Crippen LogP contribution in [0.2, 0.25) is 0 Å². The largest absolute Gasteiger partial charge is 0.454 e. The first-order valence-corrected chi connectivity index (χ1v) is 10.0. The van der Waals surface area contributed by atoms with E-state index in [0.717, 1.165) is 29.7 Å². The predicted molar refractivity (Wildman–Crippen MR) is 115 cm³/mol. The lowest BCUT2D eigenvalue weighted by molar-refractivity contribution is 0.100. The number of anilines is 2. The van der Waals surface area contributed by atoms with Crippen LogP contribution in [0.5, 0.6) is 0 Å². The number of nitrogens with zero attached hydrogens (tertiary/aromatic N) is 2. The molecule has 5 N–H and O–H groups in total. The molecule has 4 rings (SSSR count). The molecule has 8 heteroatoms. The Hall–Kier alpha value is -3.57. The van der Waals surface area contributed by atoms with Gasteiger partial charge in [-0.15, -0.1) is 11.3 Å². The van der Waals surface area contributed by atoms with Crippen molar-refractivity contribution in [3.8, 4) is 28.7 Å². The Balaban J connectivity index is 1.96. The number of thiophene rings is 1. The van der Waals surface area contributed by atoms with Gasteiger partial charge in [0.1, 0.15) is 27.4 Å². The van der Waals surface area contributed by atoms with E-state index in [2.05, 4.69) is 23.3 Å². The van der Waals surface area contributed by atoms with Gasteiger partial charge in [-0.1, -0.05) is 25.5 Å². The minimum Gasteiger partial charge on any atom is -0.454 e. The standard InChI is InChI=1S/C21H19N5O2S/c1-2-3-7-25-20-12(10-22)8-13-16(18(19(24)27)29-21(13)26-20)17-14(23)9-11-5-4-6-15(11)28-17/h4-6,8-9H,2-3,7,23H2,1H3,(H2,24,27)(H,25,26). The highest BCUT2D eigenvalue weighted by Crippen LogP contribution is 2.43. The number of primary amides is 1. The average Bonchev–Trinajstić information content (AvgIpc) is 3.30. The van der Waals surface area contributed by atoms with Crippen molar-refractivity contribution in [1.82, 2.24) is 4.98 Å². The van der Waals surface area contributed by atoms with Gasteiger partial charge < -0.3 is 21.2 Å². The molecule has 3 heterocycles. The minimum atomic E-state index is -0.598. The molecular weight excluding hydrogens is 386 g/mol. The van der Waals surface area contributed by atoms with Crippen molar-refractivity contribution in [3.05, 3.63) is 40.8 Å². The molecular formula is C21H19N5O2S. The number of unbranched alkanes of at least 4 members (excludes halogenated alkanes) is 1. The number of nitrogens with two attached hydrogens (primary N) is 2. The number of nitriles is 1. The summed E-state index contributed by atoms with van der Waals surface area (Å²) in [6.45, 7) is 2.80. The number of carbonyl (C=O) groups excluding carboxylic acids is 1. The number of aromatic nitrogens is 1. The summed E-state index contributed by atoms with van der Waals surface area (Å²) in [4.78, 5) is 17.6. The summed E-state index contributed by atoms with van der Waals surface area (Å²) >= 11 is 1.16. The molecule has 0 aromatic carbocycles. The molecule has 2 aliphatic rings. The number of amides is 1. The summed E-state index contributed by atoms with van der Waals surface area (Å²) in [7, 11) is 0. The van der Waals surface area contributed by atoms with Gasteiger partial charge in [-0.05, 0) is 24.6 Å². The van der Waals surface area contributed by atoms with E-state index >= 15 is 0 Å². The van der Waals surface area contributed by atoms with Crippen molar-refractivity contribution in [2.24, 2.45) is 5.73 Å². The Morgan fingerprint density at radius 2 is 2.21 bits per heavy atom. The molecule has 0 fully saturated rings. The number of nitrogen functional groups attached to an aromatic ring is 1. The normalized spacial score (nSPS) is 11.0. The third-order valence-electron chi connectivity index (χ3n) is 4.67. The fraction of sp³-hybridized carbons (Fsp3) is 0.190. The Kier molecular flexibility index (Phi) is 4.82. The molecule has 146 valence electrons. The molecule has 1 amide bonds. The smallest absolute Gasteiger partial charge is 0.259 e. The topological polar surface area (TPSA) is 131 Å². The SMILES string of the molecule is CCCCNc1nc2sc(C(N)=O)c(-c3oc4cccc-4cc3N)c2cc1C#N. The Morgan fingerprint density at radius 1 is 1.38 bits per heavy atom. The maximum absolute atomic E-state index is 12.2. The molecule has 1 aliphatic heterocycles. The summed E-state index contributed by atoms with van der Waals surface area (Å²) < 4.78 is 6.01. The molecule has 0 unspecified atom stereocenters. The highest BCUT2D eigenvalue weighted by molar-refractivity contribution is 7.21. The van der Waals surface area contributed by atoms with Crippen LogP contribution >= 0.6 is 11.3 Å². The van der Waals surface area contributed by atoms with Crippen LogP contribution in [-0.2, 0) is 0 Å². The van der Waals surface area contributed by atoms with Gasteiger partial charge in [-0.2, -0.15) is 5.26 Å². The second-order valence-corrected chi connectivity index (χ2v) is 7.68. The van der Waals surface area contributed by atoms with Gasteiger partial charge in [-0.25, -0.2) is 4.98 Å². The van der Waals surface area contributed by atoms with Crippen LogP contribution in [0.4, 0.5) is 11.5 Å². The van der Waals surface area contributed by atoms with Crippen molar-refractivity contribution in [1.29, 1.82) is 5.26 Å². The minimum absolute atomic E-state index is 0.295. The second kappa shape index (κ2) is 7.45. The molecule has 2 aromatic rings. The number of carbonyl (C=O) groups is 1. The van der Waals surface area contributed by atoms with Crippen molar-refractivity contribution in [2.45, 2.75) is 19.8 Å². The number of hydrogen-bond donors (Lipinski definition) is 3. The number of fused-ring (bicyclic) bond motifs is 2. The van der Waals surface area contributed by atoms with E-state index in [0.29, 0.717) is 55.8 Å². The highest BCUT2D eigenvalue weighted by atomic mass is 32.1. The van der Waals surface area contributed by atoms with Crippen molar-refractivity contribution < 1.29 is 9.21 Å². The summed E-state index contributed by atoms with van der Waals surface area (Å²) in [6, 6.07) is 11.3. The zero-order valence-electron chi connectivity index (χ0n) is 15.8. The fourth-order valence-corrected chi connectivity index (χ4v) is 4.26. The lowest BCUT2D eigenvalue weighted by Gasteiger charge is -2.10. The molecule has 0 atom stereocenters. The predicted octanol–water partition coefficient (Wildman–Crippen LogP) is 4.43. The van der Waals surface area contributed by atoms with E-state index in [9.17, 15) is 10.1 Å². The lowest BCUT2D eigenvalue weighted by Crippen LogP contribution is -2.10. The highest BCUT2D eigenvalue weighted by Gasteiger charge is 2.25. The summed E-state index contributed by atoms with van der Waals surface area (Å²) in [6.07, 6.45) is 1.99.